The van der Waals surface area contributed by atoms with Crippen molar-refractivity contribution in [3.05, 3.63) is 95.3 Å². The molecule has 0 aromatic heterocycles. The van der Waals surface area contributed by atoms with Crippen LogP contribution in [0.2, 0.25) is 0 Å². The lowest BCUT2D eigenvalue weighted by Crippen LogP contribution is -2.08. The van der Waals surface area contributed by atoms with Crippen molar-refractivity contribution in [2.75, 3.05) is 6.61 Å². The fraction of sp³-hybridized carbons (Fsp3) is 0.323. The largest absolute Gasteiger partial charge is 0.494 e. The topological polar surface area (TPSA) is 35.5 Å². The molecule has 0 fully saturated rings. The van der Waals surface area contributed by atoms with Crippen LogP contribution in [0, 0.1) is 17.7 Å². The van der Waals surface area contributed by atoms with Crippen LogP contribution in [0.25, 0.3) is 0 Å². The third kappa shape index (κ3) is 9.66. The Balaban J connectivity index is 1.40. The van der Waals surface area contributed by atoms with Crippen molar-refractivity contribution >= 4 is 5.97 Å². The van der Waals surface area contributed by atoms with E-state index in [0.717, 1.165) is 36.0 Å². The van der Waals surface area contributed by atoms with Gasteiger partial charge in [0.15, 0.2) is 0 Å². The second kappa shape index (κ2) is 14.6. The molecule has 0 aliphatic carbocycles. The summed E-state index contributed by atoms with van der Waals surface area (Å²) in [5, 5.41) is 0. The van der Waals surface area contributed by atoms with Crippen LogP contribution in [0.5, 0.6) is 11.5 Å². The molecule has 4 heteroatoms. The van der Waals surface area contributed by atoms with Crippen LogP contribution in [-0.4, -0.2) is 12.6 Å². The van der Waals surface area contributed by atoms with Crippen molar-refractivity contribution in [2.24, 2.45) is 0 Å². The van der Waals surface area contributed by atoms with E-state index in [1.165, 1.54) is 63.1 Å². The van der Waals surface area contributed by atoms with Gasteiger partial charge in [0.25, 0.3) is 0 Å². The number of rotatable bonds is 12. The van der Waals surface area contributed by atoms with Gasteiger partial charge in [-0.25, -0.2) is 9.18 Å². The van der Waals surface area contributed by atoms with E-state index in [1.807, 2.05) is 24.3 Å². The first-order valence-electron chi connectivity index (χ1n) is 12.5. The molecule has 3 aromatic rings. The van der Waals surface area contributed by atoms with E-state index in [4.69, 9.17) is 9.47 Å². The molecule has 182 valence electrons. The van der Waals surface area contributed by atoms with E-state index in [0.29, 0.717) is 5.75 Å². The summed E-state index contributed by atoms with van der Waals surface area (Å²) in [5.74, 6) is 6.39. The van der Waals surface area contributed by atoms with Gasteiger partial charge in [0.2, 0.25) is 0 Å². The third-order valence-corrected chi connectivity index (χ3v) is 5.60. The van der Waals surface area contributed by atoms with E-state index in [2.05, 4.69) is 18.8 Å². The molecular formula is C31H33FO3. The first-order chi connectivity index (χ1) is 17.1. The van der Waals surface area contributed by atoms with Gasteiger partial charge < -0.3 is 9.47 Å². The van der Waals surface area contributed by atoms with Gasteiger partial charge in [-0.2, -0.15) is 0 Å². The summed E-state index contributed by atoms with van der Waals surface area (Å²) < 4.78 is 24.4. The Kier molecular flexibility index (Phi) is 10.9. The van der Waals surface area contributed by atoms with E-state index >= 15 is 0 Å². The summed E-state index contributed by atoms with van der Waals surface area (Å²) in [6.45, 7) is 2.99. The smallest absolute Gasteiger partial charge is 0.343 e. The number of unbranched alkanes of at least 4 members (excludes halogenated alkanes) is 7. The molecule has 0 bridgehead atoms. The van der Waals surface area contributed by atoms with Gasteiger partial charge >= 0.3 is 5.97 Å². The molecule has 0 aliphatic rings. The Morgan fingerprint density at radius 1 is 0.743 bits per heavy atom. The van der Waals surface area contributed by atoms with Gasteiger partial charge in [0.05, 0.1) is 12.2 Å². The molecule has 0 heterocycles. The highest BCUT2D eigenvalue weighted by Crippen LogP contribution is 2.16. The first kappa shape index (κ1) is 26.0. The van der Waals surface area contributed by atoms with Gasteiger partial charge in [-0.3, -0.25) is 0 Å². The maximum Gasteiger partial charge on any atom is 0.343 e. The number of carbonyl (C=O) groups is 1. The summed E-state index contributed by atoms with van der Waals surface area (Å²) in [4.78, 5) is 12.1. The molecule has 0 saturated carbocycles. The molecule has 0 aliphatic heterocycles. The highest BCUT2D eigenvalue weighted by molar-refractivity contribution is 5.91. The van der Waals surface area contributed by atoms with Crippen molar-refractivity contribution in [3.8, 4) is 23.3 Å². The zero-order chi connectivity index (χ0) is 24.7. The zero-order valence-corrected chi connectivity index (χ0v) is 20.4. The molecule has 0 amide bonds. The molecule has 3 aromatic carbocycles. The van der Waals surface area contributed by atoms with E-state index in [-0.39, 0.29) is 5.56 Å². The average molecular weight is 473 g/mol. The van der Waals surface area contributed by atoms with E-state index < -0.39 is 11.8 Å². The lowest BCUT2D eigenvalue weighted by molar-refractivity contribution is 0.0734. The van der Waals surface area contributed by atoms with Gasteiger partial charge in [-0.15, -0.1) is 0 Å². The van der Waals surface area contributed by atoms with E-state index in [1.54, 1.807) is 24.3 Å². The number of benzene rings is 3. The average Bonchev–Trinajstić information content (AvgIpc) is 2.88. The van der Waals surface area contributed by atoms with Crippen LogP contribution in [0.4, 0.5) is 4.39 Å². The zero-order valence-electron chi connectivity index (χ0n) is 20.4. The summed E-state index contributed by atoms with van der Waals surface area (Å²) in [6, 6.07) is 20.1. The molecular weight excluding hydrogens is 439 g/mol. The van der Waals surface area contributed by atoms with Crippen molar-refractivity contribution in [2.45, 2.75) is 58.3 Å². The molecule has 0 spiro atoms. The van der Waals surface area contributed by atoms with Gasteiger partial charge in [-0.1, -0.05) is 69.8 Å². The maximum absolute atomic E-state index is 13.3. The SMILES string of the molecule is CCCCCCCCCCOc1ccc(C#Cc2ccc(OC(=O)c3cccc(F)c3)cc2)cc1. The quantitative estimate of drug-likeness (QED) is 0.116. The fourth-order valence-corrected chi connectivity index (χ4v) is 3.59. The van der Waals surface area contributed by atoms with Crippen LogP contribution < -0.4 is 9.47 Å². The molecule has 0 saturated heterocycles. The Labute approximate surface area is 208 Å². The second-order valence-corrected chi connectivity index (χ2v) is 8.52. The summed E-state index contributed by atoms with van der Waals surface area (Å²) >= 11 is 0. The normalized spacial score (nSPS) is 10.3. The highest BCUT2D eigenvalue weighted by Gasteiger charge is 2.09. The van der Waals surface area contributed by atoms with Gasteiger partial charge in [0.1, 0.15) is 17.3 Å². The molecule has 0 unspecified atom stereocenters. The second-order valence-electron chi connectivity index (χ2n) is 8.52. The Bertz CT molecular complexity index is 1110. The number of hydrogen-bond donors (Lipinski definition) is 0. The van der Waals surface area contributed by atoms with Gasteiger partial charge in [0, 0.05) is 11.1 Å². The number of carbonyl (C=O) groups excluding carboxylic acids is 1. The number of halogens is 1. The minimum absolute atomic E-state index is 0.166. The minimum atomic E-state index is -0.604. The first-order valence-corrected chi connectivity index (χ1v) is 12.5. The van der Waals surface area contributed by atoms with Crippen molar-refractivity contribution in [3.63, 3.8) is 0 Å². The molecule has 0 atom stereocenters. The maximum atomic E-state index is 13.3. The number of ether oxygens (including phenoxy) is 2. The third-order valence-electron chi connectivity index (χ3n) is 5.60. The lowest BCUT2D eigenvalue weighted by atomic mass is 10.1. The standard InChI is InChI=1S/C31H33FO3/c1-2-3-4-5-6-7-8-9-23-34-29-19-15-25(16-20-29)13-14-26-17-21-30(22-18-26)35-31(33)27-11-10-12-28(32)24-27/h10-12,15-22,24H,2-9,23H2,1H3. The van der Waals surface area contributed by atoms with Crippen LogP contribution in [0.15, 0.2) is 72.8 Å². The Morgan fingerprint density at radius 2 is 1.31 bits per heavy atom. The highest BCUT2D eigenvalue weighted by atomic mass is 19.1. The fourth-order valence-electron chi connectivity index (χ4n) is 3.59. The van der Waals surface area contributed by atoms with Crippen LogP contribution >= 0.6 is 0 Å². The van der Waals surface area contributed by atoms with Crippen molar-refractivity contribution in [1.29, 1.82) is 0 Å². The van der Waals surface area contributed by atoms with Crippen LogP contribution in [0.3, 0.4) is 0 Å². The van der Waals surface area contributed by atoms with Crippen molar-refractivity contribution in [1.82, 2.24) is 0 Å². The number of esters is 1. The van der Waals surface area contributed by atoms with Gasteiger partial charge in [-0.05, 0) is 73.2 Å². The lowest BCUT2D eigenvalue weighted by Gasteiger charge is -2.06. The molecule has 3 nitrogen and oxygen atoms in total. The Hall–Kier alpha value is -3.58. The predicted molar refractivity (Wildman–Crippen MR) is 138 cm³/mol. The molecule has 35 heavy (non-hydrogen) atoms. The van der Waals surface area contributed by atoms with Crippen LogP contribution in [-0.2, 0) is 0 Å². The molecule has 0 radical (unpaired) electrons. The van der Waals surface area contributed by atoms with Crippen LogP contribution in [0.1, 0.15) is 79.8 Å². The summed E-state index contributed by atoms with van der Waals surface area (Å²) in [7, 11) is 0. The Morgan fingerprint density at radius 3 is 1.91 bits per heavy atom. The monoisotopic (exact) mass is 472 g/mol. The van der Waals surface area contributed by atoms with Crippen molar-refractivity contribution < 1.29 is 18.7 Å². The minimum Gasteiger partial charge on any atom is -0.494 e. The number of hydrogen-bond acceptors (Lipinski definition) is 3. The predicted octanol–water partition coefficient (Wildman–Crippen LogP) is 7.96. The molecule has 0 N–H and O–H groups in total. The van der Waals surface area contributed by atoms with E-state index in [9.17, 15) is 9.18 Å². The summed E-state index contributed by atoms with van der Waals surface area (Å²) in [6.07, 6.45) is 10.3. The summed E-state index contributed by atoms with van der Waals surface area (Å²) in [5.41, 5.74) is 1.86. The molecule has 3 rings (SSSR count).